The topological polar surface area (TPSA) is 106 Å². The summed E-state index contributed by atoms with van der Waals surface area (Å²) in [5.41, 5.74) is 5.66. The minimum Gasteiger partial charge on any atom is -0.511 e. The van der Waals surface area contributed by atoms with Gasteiger partial charge in [0.15, 0.2) is 0 Å². The van der Waals surface area contributed by atoms with Crippen LogP contribution in [0.5, 0.6) is 0 Å². The van der Waals surface area contributed by atoms with E-state index in [1.807, 2.05) is 26.3 Å². The molecule has 2 aliphatic rings. The molecular weight excluding hydrogens is 472 g/mol. The number of carbonyl (C=O) groups is 2. The number of aliphatic hydroxyl groups excluding tert-OH is 1. The van der Waals surface area contributed by atoms with Crippen LogP contribution in [0.2, 0.25) is 0 Å². The minimum atomic E-state index is -0.768. The van der Waals surface area contributed by atoms with E-state index in [2.05, 4.69) is 42.4 Å². The Morgan fingerprint density at radius 2 is 2.06 bits per heavy atom. The standard InChI is InChI=1S/C28H40N4O3S/c1-7-20-14-21(26-19(6)30-15-36-26)10-11-22(20)18(5)31-27(34)23-9-8-12-32(23)28(35)25(16(2)3)24(33)13-17(4)29/h10-11,13-16,18-19,23,25-26,29,33H,7-9,12H2,1-6H3,(H,31,34)/b24-13-,29-17?. The van der Waals surface area contributed by atoms with E-state index in [9.17, 15) is 14.7 Å². The van der Waals surface area contributed by atoms with Crippen molar-refractivity contribution in [1.82, 2.24) is 10.2 Å². The Morgan fingerprint density at radius 1 is 1.33 bits per heavy atom. The number of likely N-dealkylation sites (tertiary alicyclic amines) is 1. The highest BCUT2D eigenvalue weighted by Gasteiger charge is 2.40. The molecule has 0 bridgehead atoms. The van der Waals surface area contributed by atoms with E-state index in [1.54, 1.807) is 23.6 Å². The molecule has 0 radical (unpaired) electrons. The van der Waals surface area contributed by atoms with Gasteiger partial charge in [0.25, 0.3) is 0 Å². The molecule has 1 saturated heterocycles. The van der Waals surface area contributed by atoms with Gasteiger partial charge < -0.3 is 20.7 Å². The minimum absolute atomic E-state index is 0.116. The molecule has 3 N–H and O–H groups in total. The molecule has 0 aromatic heterocycles. The summed E-state index contributed by atoms with van der Waals surface area (Å²) in [7, 11) is 0. The molecular formula is C28H40N4O3S. The van der Waals surface area contributed by atoms with Crippen LogP contribution in [-0.4, -0.2) is 51.7 Å². The number of aliphatic hydroxyl groups is 1. The first-order valence-corrected chi connectivity index (χ1v) is 13.9. The van der Waals surface area contributed by atoms with Crippen molar-refractivity contribution in [3.63, 3.8) is 0 Å². The van der Waals surface area contributed by atoms with Crippen LogP contribution in [0.25, 0.3) is 0 Å². The average Bonchev–Trinajstić information content (AvgIpc) is 3.47. The molecule has 1 aromatic rings. The summed E-state index contributed by atoms with van der Waals surface area (Å²) in [6, 6.07) is 5.98. The molecule has 5 unspecified atom stereocenters. The highest BCUT2D eigenvalue weighted by molar-refractivity contribution is 8.12. The van der Waals surface area contributed by atoms with E-state index < -0.39 is 12.0 Å². The maximum Gasteiger partial charge on any atom is 0.243 e. The highest BCUT2D eigenvalue weighted by Crippen LogP contribution is 2.38. The maximum absolute atomic E-state index is 13.4. The third kappa shape index (κ3) is 6.20. The summed E-state index contributed by atoms with van der Waals surface area (Å²) in [6.45, 7) is 12.0. The Morgan fingerprint density at radius 3 is 2.64 bits per heavy atom. The van der Waals surface area contributed by atoms with Gasteiger partial charge in [-0.3, -0.25) is 14.6 Å². The number of benzene rings is 1. The number of nitrogens with one attached hydrogen (secondary N) is 2. The van der Waals surface area contributed by atoms with Crippen LogP contribution in [0.4, 0.5) is 0 Å². The largest absolute Gasteiger partial charge is 0.511 e. The zero-order valence-corrected chi connectivity index (χ0v) is 23.1. The molecule has 196 valence electrons. The fourth-order valence-electron chi connectivity index (χ4n) is 5.21. The molecule has 8 heteroatoms. The van der Waals surface area contributed by atoms with Gasteiger partial charge in [-0.2, -0.15) is 0 Å². The van der Waals surface area contributed by atoms with Crippen molar-refractivity contribution in [2.45, 2.75) is 84.2 Å². The summed E-state index contributed by atoms with van der Waals surface area (Å²) < 4.78 is 0. The summed E-state index contributed by atoms with van der Waals surface area (Å²) in [4.78, 5) is 32.9. The number of thioether (sulfide) groups is 1. The third-order valence-corrected chi connectivity index (χ3v) is 8.30. The first kappa shape index (κ1) is 28.0. The zero-order chi connectivity index (χ0) is 26.6. The maximum atomic E-state index is 13.4. The van der Waals surface area contributed by atoms with Crippen LogP contribution in [0.1, 0.15) is 82.4 Å². The predicted molar refractivity (Wildman–Crippen MR) is 148 cm³/mol. The van der Waals surface area contributed by atoms with Crippen molar-refractivity contribution in [2.75, 3.05) is 6.54 Å². The molecule has 1 aromatic carbocycles. The van der Waals surface area contributed by atoms with Gasteiger partial charge in [-0.05, 0) is 68.7 Å². The van der Waals surface area contributed by atoms with Gasteiger partial charge in [-0.1, -0.05) is 39.0 Å². The number of aryl methyl sites for hydroxylation is 1. The van der Waals surface area contributed by atoms with Crippen LogP contribution in [0.15, 0.2) is 35.0 Å². The van der Waals surface area contributed by atoms with Gasteiger partial charge in [-0.15, -0.1) is 11.8 Å². The summed E-state index contributed by atoms with van der Waals surface area (Å²) in [5.74, 6) is -1.46. The van der Waals surface area contributed by atoms with Crippen LogP contribution < -0.4 is 5.32 Å². The summed E-state index contributed by atoms with van der Waals surface area (Å²) in [6.07, 6.45) is 3.52. The summed E-state index contributed by atoms with van der Waals surface area (Å²) >= 11 is 1.74. The number of carbonyl (C=O) groups excluding carboxylic acids is 2. The highest BCUT2D eigenvalue weighted by atomic mass is 32.2. The number of rotatable bonds is 9. The lowest BCUT2D eigenvalue weighted by Crippen LogP contribution is -2.49. The van der Waals surface area contributed by atoms with E-state index in [-0.39, 0.29) is 41.3 Å². The first-order chi connectivity index (χ1) is 17.0. The average molecular weight is 513 g/mol. The normalized spacial score (nSPS) is 23.7. The van der Waals surface area contributed by atoms with Crippen LogP contribution in [0.3, 0.4) is 0 Å². The second-order valence-corrected chi connectivity index (χ2v) is 11.2. The summed E-state index contributed by atoms with van der Waals surface area (Å²) in [5, 5.41) is 21.7. The van der Waals surface area contributed by atoms with Crippen molar-refractivity contribution in [2.24, 2.45) is 16.8 Å². The number of aliphatic imine (C=N–C) groups is 1. The van der Waals surface area contributed by atoms with Crippen LogP contribution >= 0.6 is 11.8 Å². The smallest absolute Gasteiger partial charge is 0.243 e. The van der Waals surface area contributed by atoms with E-state index in [1.165, 1.54) is 17.2 Å². The number of hydrogen-bond acceptors (Lipinski definition) is 6. The van der Waals surface area contributed by atoms with Gasteiger partial charge in [0.2, 0.25) is 11.8 Å². The van der Waals surface area contributed by atoms with Crippen LogP contribution in [-0.2, 0) is 16.0 Å². The molecule has 7 nitrogen and oxygen atoms in total. The van der Waals surface area contributed by atoms with Crippen LogP contribution in [0, 0.1) is 17.2 Å². The lowest BCUT2D eigenvalue weighted by Gasteiger charge is -2.30. The Labute approximate surface area is 219 Å². The molecule has 2 aliphatic heterocycles. The Balaban J connectivity index is 1.75. The van der Waals surface area contributed by atoms with Gasteiger partial charge in [-0.25, -0.2) is 0 Å². The molecule has 0 spiro atoms. The van der Waals surface area contributed by atoms with E-state index in [4.69, 9.17) is 5.41 Å². The lowest BCUT2D eigenvalue weighted by molar-refractivity contribution is -0.142. The van der Waals surface area contributed by atoms with Crippen molar-refractivity contribution >= 4 is 34.8 Å². The molecule has 2 heterocycles. The number of hydrogen-bond donors (Lipinski definition) is 3. The second kappa shape index (κ2) is 12.1. The molecule has 2 amide bonds. The van der Waals surface area contributed by atoms with Gasteiger partial charge in [0.1, 0.15) is 11.8 Å². The Kier molecular flexibility index (Phi) is 9.39. The third-order valence-electron chi connectivity index (χ3n) is 7.10. The van der Waals surface area contributed by atoms with Gasteiger partial charge in [0, 0.05) is 12.3 Å². The van der Waals surface area contributed by atoms with Crippen molar-refractivity contribution in [3.8, 4) is 0 Å². The quantitative estimate of drug-likeness (QED) is 0.305. The number of allylic oxidation sites excluding steroid dienone is 1. The zero-order valence-electron chi connectivity index (χ0n) is 22.2. The fraction of sp³-hybridized carbons (Fsp3) is 0.571. The molecule has 5 atom stereocenters. The van der Waals surface area contributed by atoms with E-state index in [0.29, 0.717) is 18.2 Å². The number of nitrogens with zero attached hydrogens (tertiary/aromatic N) is 2. The van der Waals surface area contributed by atoms with E-state index in [0.717, 1.165) is 18.4 Å². The molecule has 1 fully saturated rings. The molecule has 36 heavy (non-hydrogen) atoms. The first-order valence-electron chi connectivity index (χ1n) is 12.9. The Bertz CT molecular complexity index is 1050. The van der Waals surface area contributed by atoms with Crippen molar-refractivity contribution < 1.29 is 14.7 Å². The lowest BCUT2D eigenvalue weighted by atomic mass is 9.91. The monoisotopic (exact) mass is 512 g/mol. The Hall–Kier alpha value is -2.61. The van der Waals surface area contributed by atoms with E-state index >= 15 is 0 Å². The molecule has 0 aliphatic carbocycles. The van der Waals surface area contributed by atoms with Crippen molar-refractivity contribution in [3.05, 3.63) is 46.7 Å². The van der Waals surface area contributed by atoms with Crippen molar-refractivity contribution in [1.29, 1.82) is 5.41 Å². The predicted octanol–water partition coefficient (Wildman–Crippen LogP) is 5.38. The number of amides is 2. The van der Waals surface area contributed by atoms with Gasteiger partial charge in [0.05, 0.1) is 28.8 Å². The van der Waals surface area contributed by atoms with Gasteiger partial charge >= 0.3 is 0 Å². The second-order valence-electron chi connectivity index (χ2n) is 10.3. The fourth-order valence-corrected chi connectivity index (χ4v) is 6.21. The molecule has 0 saturated carbocycles. The molecule has 3 rings (SSSR count). The SMILES string of the molecule is CCc1cc(C2SC=NC2C)ccc1C(C)NC(=O)C1CCCN1C(=O)C(/C(O)=C/C(C)=N)C(C)C.